The average molecular weight is 566 g/mol. The van der Waals surface area contributed by atoms with Crippen molar-refractivity contribution in [2.75, 3.05) is 11.9 Å². The topological polar surface area (TPSA) is 155 Å². The van der Waals surface area contributed by atoms with E-state index in [9.17, 15) is 24.4 Å². The number of terminal acetylenes is 1. The zero-order valence-electron chi connectivity index (χ0n) is 22.8. The number of aryl methyl sites for hydroxylation is 1. The zero-order valence-corrected chi connectivity index (χ0v) is 23.5. The maximum Gasteiger partial charge on any atom is 0.408 e. The van der Waals surface area contributed by atoms with Gasteiger partial charge < -0.3 is 26.0 Å². The summed E-state index contributed by atoms with van der Waals surface area (Å²) < 4.78 is 5.28. The Morgan fingerprint density at radius 1 is 1.15 bits per heavy atom. The summed E-state index contributed by atoms with van der Waals surface area (Å²) in [6.07, 6.45) is 4.32. The summed E-state index contributed by atoms with van der Waals surface area (Å²) in [4.78, 5) is 52.9. The molecule has 0 radical (unpaired) electrons. The van der Waals surface area contributed by atoms with Crippen LogP contribution in [0.1, 0.15) is 56.3 Å². The number of benzene rings is 2. The smallest absolute Gasteiger partial charge is 0.408 e. The fourth-order valence-corrected chi connectivity index (χ4v) is 4.13. The van der Waals surface area contributed by atoms with Crippen molar-refractivity contribution in [3.05, 3.63) is 64.2 Å². The van der Waals surface area contributed by atoms with E-state index >= 15 is 0 Å². The standard InChI is InChI=1S/C29H32ClN5O5/c1-6-19-11-7-8-12-20(19)25(26(37)34-24-18(2)10-9-13-21(24)30)35(17-16-31)27(38)22(14-15-23(32)36)33-28(39)40-29(3,4)5/h1,7-13,22,25H,14-15,17H2,2-5H3,(H2,32,36)(H,33,39)(H,34,37). The fraction of sp³-hybridized carbons (Fsp3) is 0.345. The van der Waals surface area contributed by atoms with E-state index in [0.29, 0.717) is 16.8 Å². The first-order valence-electron chi connectivity index (χ1n) is 12.4. The average Bonchev–Trinajstić information content (AvgIpc) is 2.87. The minimum Gasteiger partial charge on any atom is -0.444 e. The molecule has 0 saturated carbocycles. The fourth-order valence-electron chi connectivity index (χ4n) is 3.87. The van der Waals surface area contributed by atoms with Crippen LogP contribution in [0.4, 0.5) is 10.5 Å². The second-order valence-electron chi connectivity index (χ2n) is 9.88. The van der Waals surface area contributed by atoms with E-state index in [2.05, 4.69) is 16.6 Å². The first-order valence-corrected chi connectivity index (χ1v) is 12.7. The van der Waals surface area contributed by atoms with Gasteiger partial charge in [-0.3, -0.25) is 14.4 Å². The number of nitriles is 1. The van der Waals surface area contributed by atoms with Crippen molar-refractivity contribution in [1.29, 1.82) is 5.26 Å². The Labute approximate surface area is 238 Å². The monoisotopic (exact) mass is 565 g/mol. The van der Waals surface area contributed by atoms with Crippen LogP contribution in [-0.4, -0.2) is 46.9 Å². The van der Waals surface area contributed by atoms with Crippen molar-refractivity contribution in [3.8, 4) is 18.4 Å². The van der Waals surface area contributed by atoms with Gasteiger partial charge in [-0.15, -0.1) is 6.42 Å². The number of nitrogens with one attached hydrogen (secondary N) is 2. The summed E-state index contributed by atoms with van der Waals surface area (Å²) in [5.74, 6) is 0.268. The Morgan fingerprint density at radius 3 is 2.40 bits per heavy atom. The number of amides is 4. The third-order valence-corrected chi connectivity index (χ3v) is 5.95. The quantitative estimate of drug-likeness (QED) is 0.294. The molecule has 0 aliphatic heterocycles. The third-order valence-electron chi connectivity index (χ3n) is 5.63. The van der Waals surface area contributed by atoms with Crippen molar-refractivity contribution in [2.45, 2.75) is 58.2 Å². The van der Waals surface area contributed by atoms with E-state index in [4.69, 9.17) is 28.5 Å². The summed E-state index contributed by atoms with van der Waals surface area (Å²) in [5, 5.41) is 15.1. The van der Waals surface area contributed by atoms with Crippen molar-refractivity contribution in [3.63, 3.8) is 0 Å². The molecule has 0 spiro atoms. The normalized spacial score (nSPS) is 12.2. The van der Waals surface area contributed by atoms with Crippen molar-refractivity contribution < 1.29 is 23.9 Å². The number of ether oxygens (including phenoxy) is 1. The zero-order chi connectivity index (χ0) is 30.0. The van der Waals surface area contributed by atoms with Crippen LogP contribution >= 0.6 is 11.6 Å². The molecule has 0 saturated heterocycles. The Bertz CT molecular complexity index is 1340. The maximum atomic E-state index is 13.9. The minimum absolute atomic E-state index is 0.204. The molecule has 11 heteroatoms. The summed E-state index contributed by atoms with van der Waals surface area (Å²) in [6, 6.07) is 10.7. The van der Waals surface area contributed by atoms with Gasteiger partial charge in [-0.1, -0.05) is 47.9 Å². The second-order valence-corrected chi connectivity index (χ2v) is 10.3. The summed E-state index contributed by atoms with van der Waals surface area (Å²) in [7, 11) is 0. The van der Waals surface area contributed by atoms with Gasteiger partial charge in [-0.2, -0.15) is 5.26 Å². The number of carbonyl (C=O) groups excluding carboxylic acids is 4. The molecule has 210 valence electrons. The first kappa shape index (κ1) is 31.7. The summed E-state index contributed by atoms with van der Waals surface area (Å²) in [5.41, 5.74) is 5.97. The summed E-state index contributed by atoms with van der Waals surface area (Å²) in [6.45, 7) is 6.11. The number of alkyl carbamates (subject to hydrolysis) is 1. The van der Waals surface area contributed by atoms with E-state index in [0.717, 1.165) is 4.90 Å². The number of nitrogens with zero attached hydrogens (tertiary/aromatic N) is 2. The number of nitrogens with two attached hydrogens (primary N) is 1. The first-order chi connectivity index (χ1) is 18.8. The number of hydrogen-bond donors (Lipinski definition) is 3. The van der Waals surface area contributed by atoms with Crippen molar-refractivity contribution in [1.82, 2.24) is 10.2 Å². The van der Waals surface area contributed by atoms with Gasteiger partial charge in [0.1, 0.15) is 24.2 Å². The van der Waals surface area contributed by atoms with E-state index < -0.39 is 48.0 Å². The van der Waals surface area contributed by atoms with Crippen LogP contribution in [-0.2, 0) is 19.1 Å². The largest absolute Gasteiger partial charge is 0.444 e. The van der Waals surface area contributed by atoms with Crippen LogP contribution in [0, 0.1) is 30.6 Å². The molecule has 4 amide bonds. The summed E-state index contributed by atoms with van der Waals surface area (Å²) >= 11 is 6.33. The molecule has 2 rings (SSSR count). The van der Waals surface area contributed by atoms with Gasteiger partial charge in [-0.25, -0.2) is 4.79 Å². The van der Waals surface area contributed by atoms with Gasteiger partial charge in [0.25, 0.3) is 5.91 Å². The number of para-hydroxylation sites is 1. The highest BCUT2D eigenvalue weighted by atomic mass is 35.5. The van der Waals surface area contributed by atoms with Crippen LogP contribution in [0.25, 0.3) is 0 Å². The molecule has 2 unspecified atom stereocenters. The van der Waals surface area contributed by atoms with Gasteiger partial charge in [0.15, 0.2) is 0 Å². The molecule has 0 heterocycles. The van der Waals surface area contributed by atoms with Crippen LogP contribution in [0.5, 0.6) is 0 Å². The Morgan fingerprint density at radius 2 is 1.82 bits per heavy atom. The van der Waals surface area contributed by atoms with Gasteiger partial charge in [0.05, 0.1) is 16.8 Å². The van der Waals surface area contributed by atoms with Gasteiger partial charge in [0, 0.05) is 12.0 Å². The Kier molecular flexibility index (Phi) is 11.1. The maximum absolute atomic E-state index is 13.9. The highest BCUT2D eigenvalue weighted by Crippen LogP contribution is 2.30. The Balaban J connectivity index is 2.62. The molecule has 10 nitrogen and oxygen atoms in total. The molecule has 0 aliphatic carbocycles. The van der Waals surface area contributed by atoms with E-state index in [1.807, 2.05) is 6.07 Å². The molecule has 4 N–H and O–H groups in total. The number of carbonyl (C=O) groups is 4. The van der Waals surface area contributed by atoms with Crippen LogP contribution in [0.2, 0.25) is 5.02 Å². The lowest BCUT2D eigenvalue weighted by molar-refractivity contribution is -0.140. The third kappa shape index (κ3) is 8.75. The molecule has 0 bridgehead atoms. The number of halogens is 1. The van der Waals surface area contributed by atoms with E-state index in [-0.39, 0.29) is 23.4 Å². The number of primary amides is 1. The number of anilines is 1. The van der Waals surface area contributed by atoms with Crippen LogP contribution in [0.3, 0.4) is 0 Å². The molecule has 0 fully saturated rings. The molecule has 40 heavy (non-hydrogen) atoms. The van der Waals surface area contributed by atoms with Crippen LogP contribution < -0.4 is 16.4 Å². The Hall–Kier alpha value is -4.54. The minimum atomic E-state index is -1.41. The predicted octanol–water partition coefficient (Wildman–Crippen LogP) is 3.82. The van der Waals surface area contributed by atoms with Gasteiger partial charge in [0.2, 0.25) is 11.8 Å². The predicted molar refractivity (Wildman–Crippen MR) is 151 cm³/mol. The SMILES string of the molecule is C#Cc1ccccc1C(C(=O)Nc1c(C)cccc1Cl)N(CC#N)C(=O)C(CCC(N)=O)NC(=O)OC(C)(C)C. The molecule has 2 aromatic carbocycles. The molecular formula is C29H32ClN5O5. The lowest BCUT2D eigenvalue weighted by Crippen LogP contribution is -2.52. The number of rotatable bonds is 10. The van der Waals surface area contributed by atoms with Crippen molar-refractivity contribution >= 4 is 41.1 Å². The molecule has 2 aromatic rings. The molecular weight excluding hydrogens is 534 g/mol. The van der Waals surface area contributed by atoms with Gasteiger partial charge in [-0.05, 0) is 57.4 Å². The van der Waals surface area contributed by atoms with E-state index in [1.165, 1.54) is 0 Å². The van der Waals surface area contributed by atoms with Crippen LogP contribution in [0.15, 0.2) is 42.5 Å². The lowest BCUT2D eigenvalue weighted by atomic mass is 9.97. The lowest BCUT2D eigenvalue weighted by Gasteiger charge is -2.33. The second kappa shape index (κ2) is 14.0. The molecule has 2 atom stereocenters. The van der Waals surface area contributed by atoms with Gasteiger partial charge >= 0.3 is 6.09 Å². The molecule has 0 aromatic heterocycles. The van der Waals surface area contributed by atoms with Crippen molar-refractivity contribution in [2.24, 2.45) is 5.73 Å². The molecule has 0 aliphatic rings. The highest BCUT2D eigenvalue weighted by molar-refractivity contribution is 6.34. The van der Waals surface area contributed by atoms with E-state index in [1.54, 1.807) is 70.2 Å². The highest BCUT2D eigenvalue weighted by Gasteiger charge is 2.37. The number of hydrogen-bond acceptors (Lipinski definition) is 6.